The molecule has 4 saturated heterocycles. The minimum Gasteiger partial charge on any atom is -0.374 e. The molecular weight excluding hydrogens is 703 g/mol. The van der Waals surface area contributed by atoms with Crippen molar-refractivity contribution in [3.8, 4) is 0 Å². The first-order valence-corrected chi connectivity index (χ1v) is 27.5. The van der Waals surface area contributed by atoms with Crippen LogP contribution in [-0.4, -0.2) is 66.7 Å². The van der Waals surface area contributed by atoms with Gasteiger partial charge in [0.15, 0.2) is 0 Å². The minimum absolute atomic E-state index is 0.613. The zero-order valence-electron chi connectivity index (χ0n) is 33.3. The molecular formula is C48H75NOS3. The zero-order valence-corrected chi connectivity index (χ0v) is 35.7. The van der Waals surface area contributed by atoms with Gasteiger partial charge in [0.25, 0.3) is 0 Å². The smallest absolute Gasteiger partial charge is 0.0652 e. The molecule has 0 amide bonds. The number of hydrogen-bond donors (Lipinski definition) is 0. The first kappa shape index (κ1) is 35.9. The summed E-state index contributed by atoms with van der Waals surface area (Å²) < 4.78 is 7.71. The molecule has 4 heterocycles. The summed E-state index contributed by atoms with van der Waals surface area (Å²) in [7, 11) is 0. The highest BCUT2D eigenvalue weighted by Crippen LogP contribution is 2.63. The molecule has 12 fully saturated rings. The average molecular weight is 778 g/mol. The van der Waals surface area contributed by atoms with Gasteiger partial charge in [-0.1, -0.05) is 64.2 Å². The van der Waals surface area contributed by atoms with E-state index < -0.39 is 0 Å². The Labute approximate surface area is 337 Å². The summed E-state index contributed by atoms with van der Waals surface area (Å²) in [6.07, 6.45) is 42.5. The summed E-state index contributed by atoms with van der Waals surface area (Å²) >= 11 is 7.63. The first-order valence-electron chi connectivity index (χ1n) is 24.7. The molecule has 0 aromatic rings. The molecule has 21 unspecified atom stereocenters. The Morgan fingerprint density at radius 1 is 0.358 bits per heavy atom. The van der Waals surface area contributed by atoms with Gasteiger partial charge in [0, 0.05) is 55.5 Å². The summed E-state index contributed by atoms with van der Waals surface area (Å²) in [5.41, 5.74) is 0. The van der Waals surface area contributed by atoms with Gasteiger partial charge in [-0.25, -0.2) is 0 Å². The van der Waals surface area contributed by atoms with Gasteiger partial charge in [0.2, 0.25) is 0 Å². The lowest BCUT2D eigenvalue weighted by atomic mass is 9.62. The summed E-state index contributed by atoms with van der Waals surface area (Å²) in [5, 5.41) is 5.83. The molecule has 12 rings (SSSR count). The molecule has 53 heavy (non-hydrogen) atoms. The predicted molar refractivity (Wildman–Crippen MR) is 227 cm³/mol. The van der Waals surface area contributed by atoms with E-state index in [0.717, 1.165) is 109 Å². The SMILES string of the molecule is C1CCC2C(C1)SC1C2CCCC1N(C1CCCC(C2CCCC3C4CCC5SC6CCCCC6C5C4OC23)C1)C1CCCC2C3CCCCC3SC21. The van der Waals surface area contributed by atoms with Gasteiger partial charge < -0.3 is 4.74 Å². The van der Waals surface area contributed by atoms with Crippen LogP contribution in [0, 0.1) is 59.2 Å². The van der Waals surface area contributed by atoms with E-state index in [4.69, 9.17) is 4.74 Å². The highest BCUT2D eigenvalue weighted by molar-refractivity contribution is 8.01. The Kier molecular flexibility index (Phi) is 10.1. The molecule has 0 bridgehead atoms. The molecule has 0 aromatic carbocycles. The van der Waals surface area contributed by atoms with Crippen LogP contribution in [0.2, 0.25) is 0 Å². The van der Waals surface area contributed by atoms with Gasteiger partial charge in [-0.2, -0.15) is 35.3 Å². The Morgan fingerprint density at radius 2 is 0.887 bits per heavy atom. The fraction of sp³-hybridized carbons (Fsp3) is 1.00. The number of rotatable bonds is 4. The normalized spacial score (nSPS) is 57.3. The van der Waals surface area contributed by atoms with Gasteiger partial charge in [-0.3, -0.25) is 4.90 Å². The molecule has 2 nitrogen and oxygen atoms in total. The van der Waals surface area contributed by atoms with E-state index in [-0.39, 0.29) is 0 Å². The summed E-state index contributed by atoms with van der Waals surface area (Å²) in [6.45, 7) is 0. The Balaban J connectivity index is 0.834. The molecule has 4 aliphatic heterocycles. The molecule has 296 valence electrons. The van der Waals surface area contributed by atoms with Crippen LogP contribution >= 0.6 is 35.3 Å². The number of hydrogen-bond acceptors (Lipinski definition) is 5. The van der Waals surface area contributed by atoms with Crippen LogP contribution in [0.3, 0.4) is 0 Å². The van der Waals surface area contributed by atoms with Gasteiger partial charge in [0.05, 0.1) is 12.2 Å². The molecule has 0 N–H and O–H groups in total. The number of ether oxygens (including phenoxy) is 1. The minimum atomic E-state index is 0.613. The number of fused-ring (bicyclic) bond motifs is 13. The van der Waals surface area contributed by atoms with E-state index in [0.29, 0.717) is 12.2 Å². The van der Waals surface area contributed by atoms with Gasteiger partial charge in [-0.05, 0) is 162 Å². The quantitative estimate of drug-likeness (QED) is 0.281. The maximum atomic E-state index is 7.71. The van der Waals surface area contributed by atoms with Gasteiger partial charge in [-0.15, -0.1) is 0 Å². The van der Waals surface area contributed by atoms with Gasteiger partial charge >= 0.3 is 0 Å². The van der Waals surface area contributed by atoms with Crippen LogP contribution in [0.5, 0.6) is 0 Å². The van der Waals surface area contributed by atoms with E-state index in [1.807, 2.05) is 0 Å². The molecule has 0 spiro atoms. The van der Waals surface area contributed by atoms with Crippen LogP contribution in [0.4, 0.5) is 0 Å². The largest absolute Gasteiger partial charge is 0.374 e. The van der Waals surface area contributed by atoms with Gasteiger partial charge in [0.1, 0.15) is 0 Å². The third-order valence-electron chi connectivity index (χ3n) is 19.8. The maximum absolute atomic E-state index is 7.71. The van der Waals surface area contributed by atoms with Crippen molar-refractivity contribution >= 4 is 35.3 Å². The summed E-state index contributed by atoms with van der Waals surface area (Å²) in [6, 6.07) is 2.62. The summed E-state index contributed by atoms with van der Waals surface area (Å²) in [5.74, 6) is 9.71. The van der Waals surface area contributed by atoms with Crippen molar-refractivity contribution in [1.29, 1.82) is 0 Å². The molecule has 21 atom stereocenters. The molecule has 0 radical (unpaired) electrons. The van der Waals surface area contributed by atoms with E-state index >= 15 is 0 Å². The lowest BCUT2D eigenvalue weighted by Gasteiger charge is -2.54. The number of thioether (sulfide) groups is 3. The third-order valence-corrected chi connectivity index (χ3v) is 25.5. The van der Waals surface area contributed by atoms with Crippen molar-refractivity contribution in [3.05, 3.63) is 0 Å². The van der Waals surface area contributed by atoms with Crippen molar-refractivity contribution < 1.29 is 4.74 Å². The second-order valence-electron chi connectivity index (χ2n) is 21.8. The molecule has 12 aliphatic rings. The van der Waals surface area contributed by atoms with Crippen LogP contribution in [0.25, 0.3) is 0 Å². The first-order chi connectivity index (χ1) is 26.3. The highest BCUT2D eigenvalue weighted by Gasteiger charge is 2.61. The van der Waals surface area contributed by atoms with E-state index in [9.17, 15) is 0 Å². The van der Waals surface area contributed by atoms with E-state index in [1.165, 1.54) is 135 Å². The molecule has 0 aromatic heterocycles. The Bertz CT molecular complexity index is 1260. The van der Waals surface area contributed by atoms with E-state index in [1.54, 1.807) is 38.5 Å². The second-order valence-corrected chi connectivity index (χ2v) is 26.2. The second kappa shape index (κ2) is 14.9. The van der Waals surface area contributed by atoms with Crippen molar-refractivity contribution in [2.45, 2.75) is 235 Å². The fourth-order valence-corrected chi connectivity index (χ4v) is 24.6. The standard InChI is InChI=1S/C48H75NOS3/c1-4-22-40-31(13-1)35-18-9-20-38(47(35)52-40)49(39-21-10-19-36-32-14-2-5-23-41(32)53-48(36)39)29-12-7-11-28(27-29)30-16-8-17-33-34-25-26-43-44(46(34)50-45(30)33)37-15-3-6-24-42(37)51-43/h28-48H,1-27H2. The van der Waals surface area contributed by atoms with Crippen molar-refractivity contribution in [3.63, 3.8) is 0 Å². The lowest BCUT2D eigenvalue weighted by Crippen LogP contribution is -2.60. The van der Waals surface area contributed by atoms with Crippen molar-refractivity contribution in [2.24, 2.45) is 59.2 Å². The Morgan fingerprint density at radius 3 is 1.58 bits per heavy atom. The summed E-state index contributed by atoms with van der Waals surface area (Å²) in [4.78, 5) is 3.51. The van der Waals surface area contributed by atoms with Crippen LogP contribution in [-0.2, 0) is 4.74 Å². The molecule has 8 saturated carbocycles. The lowest BCUT2D eigenvalue weighted by molar-refractivity contribution is -0.0804. The Hall–Kier alpha value is 0.970. The number of nitrogens with zero attached hydrogens (tertiary/aromatic N) is 1. The fourth-order valence-electron chi connectivity index (χ4n) is 18.0. The molecule has 5 heteroatoms. The van der Waals surface area contributed by atoms with Crippen molar-refractivity contribution in [2.75, 3.05) is 0 Å². The molecule has 8 aliphatic carbocycles. The van der Waals surface area contributed by atoms with Crippen LogP contribution in [0.15, 0.2) is 0 Å². The van der Waals surface area contributed by atoms with Crippen LogP contribution < -0.4 is 0 Å². The van der Waals surface area contributed by atoms with E-state index in [2.05, 4.69) is 40.2 Å². The highest BCUT2D eigenvalue weighted by atomic mass is 32.2. The maximum Gasteiger partial charge on any atom is 0.0652 e. The topological polar surface area (TPSA) is 12.5 Å². The predicted octanol–water partition coefficient (Wildman–Crippen LogP) is 12.4. The monoisotopic (exact) mass is 778 g/mol. The van der Waals surface area contributed by atoms with Crippen molar-refractivity contribution in [1.82, 2.24) is 4.90 Å². The third kappa shape index (κ3) is 6.04. The van der Waals surface area contributed by atoms with Crippen LogP contribution in [0.1, 0.15) is 173 Å². The zero-order chi connectivity index (χ0) is 34.6. The average Bonchev–Trinajstić information content (AvgIpc) is 3.98.